The van der Waals surface area contributed by atoms with Gasteiger partial charge in [0.05, 0.1) is 5.75 Å². The van der Waals surface area contributed by atoms with Crippen LogP contribution < -0.4 is 5.32 Å². The van der Waals surface area contributed by atoms with Crippen molar-refractivity contribution in [2.45, 2.75) is 6.42 Å². The molecule has 0 fully saturated rings. The summed E-state index contributed by atoms with van der Waals surface area (Å²) in [6, 6.07) is 0. The first-order valence-corrected chi connectivity index (χ1v) is 7.18. The molecular weight excluding hydrogens is 242 g/mol. The Bertz CT molecular complexity index is 607. The molecule has 0 saturated heterocycles. The zero-order valence-electron chi connectivity index (χ0n) is 9.37. The zero-order chi connectivity index (χ0) is 12.3. The fraction of sp³-hybridized carbons (Fsp3) is 0.444. The number of aromatic nitrogens is 4. The lowest BCUT2D eigenvalue weighted by molar-refractivity contribution is 0.600. The van der Waals surface area contributed by atoms with Crippen molar-refractivity contribution < 1.29 is 8.42 Å². The second kappa shape index (κ2) is 4.66. The molecular formula is C9H13N5O2S. The Labute approximate surface area is 98.8 Å². The van der Waals surface area contributed by atoms with Crippen LogP contribution in [-0.2, 0) is 9.84 Å². The normalized spacial score (nSPS) is 11.8. The molecule has 0 aromatic carbocycles. The molecule has 0 radical (unpaired) electrons. The number of nitrogens with zero attached hydrogens (tertiary/aromatic N) is 4. The predicted octanol–water partition coefficient (Wildman–Crippen LogP) is -0.0291. The monoisotopic (exact) mass is 255 g/mol. The summed E-state index contributed by atoms with van der Waals surface area (Å²) in [5.74, 6) is 0.772. The number of hydrogen-bond donors (Lipinski definition) is 1. The summed E-state index contributed by atoms with van der Waals surface area (Å²) < 4.78 is 23.6. The summed E-state index contributed by atoms with van der Waals surface area (Å²) in [7, 11) is -2.90. The first-order valence-electron chi connectivity index (χ1n) is 5.12. The second-order valence-electron chi connectivity index (χ2n) is 3.75. The lowest BCUT2D eigenvalue weighted by atomic mass is 10.4. The van der Waals surface area contributed by atoms with Crippen LogP contribution in [0.2, 0.25) is 0 Å². The highest BCUT2D eigenvalue weighted by Gasteiger charge is 2.05. The number of nitrogens with one attached hydrogen (secondary N) is 1. The molecule has 2 heterocycles. The quantitative estimate of drug-likeness (QED) is 0.755. The van der Waals surface area contributed by atoms with Crippen LogP contribution in [0.4, 0.5) is 5.82 Å². The summed E-state index contributed by atoms with van der Waals surface area (Å²) in [5, 5.41) is 10.7. The second-order valence-corrected chi connectivity index (χ2v) is 6.01. The number of sulfone groups is 1. The summed E-state index contributed by atoms with van der Waals surface area (Å²) in [6.45, 7) is 0.534. The van der Waals surface area contributed by atoms with Gasteiger partial charge in [0.2, 0.25) is 5.65 Å². The highest BCUT2D eigenvalue weighted by molar-refractivity contribution is 7.90. The van der Waals surface area contributed by atoms with E-state index >= 15 is 0 Å². The molecule has 0 spiro atoms. The smallest absolute Gasteiger partial charge is 0.203 e. The van der Waals surface area contributed by atoms with Crippen LogP contribution in [0.5, 0.6) is 0 Å². The maximum atomic E-state index is 10.9. The average molecular weight is 255 g/mol. The van der Waals surface area contributed by atoms with Gasteiger partial charge in [-0.1, -0.05) is 0 Å². The van der Waals surface area contributed by atoms with E-state index in [2.05, 4.69) is 20.5 Å². The molecule has 0 unspecified atom stereocenters. The molecule has 17 heavy (non-hydrogen) atoms. The molecule has 1 N–H and O–H groups in total. The van der Waals surface area contributed by atoms with E-state index in [1.54, 1.807) is 23.1 Å². The number of hydrogen-bond acceptors (Lipinski definition) is 6. The molecule has 0 amide bonds. The highest BCUT2D eigenvalue weighted by atomic mass is 32.2. The van der Waals surface area contributed by atoms with E-state index in [1.807, 2.05) is 0 Å². The van der Waals surface area contributed by atoms with Crippen molar-refractivity contribution in [2.75, 3.05) is 23.9 Å². The van der Waals surface area contributed by atoms with Gasteiger partial charge >= 0.3 is 0 Å². The zero-order valence-corrected chi connectivity index (χ0v) is 10.2. The van der Waals surface area contributed by atoms with E-state index in [-0.39, 0.29) is 5.75 Å². The van der Waals surface area contributed by atoms with Gasteiger partial charge in [-0.25, -0.2) is 13.4 Å². The van der Waals surface area contributed by atoms with E-state index in [1.165, 1.54) is 6.26 Å². The van der Waals surface area contributed by atoms with Gasteiger partial charge in [0, 0.05) is 25.2 Å². The van der Waals surface area contributed by atoms with Gasteiger partial charge in [0.25, 0.3) is 0 Å². The van der Waals surface area contributed by atoms with E-state index < -0.39 is 9.84 Å². The third kappa shape index (κ3) is 3.13. The van der Waals surface area contributed by atoms with Crippen LogP contribution in [0.3, 0.4) is 0 Å². The molecule has 0 aliphatic carbocycles. The van der Waals surface area contributed by atoms with Crippen molar-refractivity contribution in [1.82, 2.24) is 19.6 Å². The Morgan fingerprint density at radius 2 is 2.29 bits per heavy atom. The third-order valence-corrected chi connectivity index (χ3v) is 3.23. The van der Waals surface area contributed by atoms with Gasteiger partial charge in [-0.15, -0.1) is 10.2 Å². The minimum absolute atomic E-state index is 0.163. The lowest BCUT2D eigenvalue weighted by Gasteiger charge is -2.05. The van der Waals surface area contributed by atoms with Crippen LogP contribution in [0, 0.1) is 0 Å². The van der Waals surface area contributed by atoms with Gasteiger partial charge in [0.1, 0.15) is 16.2 Å². The fourth-order valence-corrected chi connectivity index (χ4v) is 2.09. The third-order valence-electron chi connectivity index (χ3n) is 2.20. The van der Waals surface area contributed by atoms with Crippen LogP contribution >= 0.6 is 0 Å². The van der Waals surface area contributed by atoms with Crippen LogP contribution in [0.15, 0.2) is 18.7 Å². The Morgan fingerprint density at radius 3 is 3.06 bits per heavy atom. The van der Waals surface area contributed by atoms with Crippen LogP contribution in [0.25, 0.3) is 5.65 Å². The largest absolute Gasteiger partial charge is 0.367 e. The molecule has 7 nitrogen and oxygen atoms in total. The predicted molar refractivity (Wildman–Crippen MR) is 63.6 cm³/mol. The molecule has 0 saturated carbocycles. The van der Waals surface area contributed by atoms with Crippen molar-refractivity contribution >= 4 is 21.3 Å². The van der Waals surface area contributed by atoms with E-state index in [9.17, 15) is 8.42 Å². The molecule has 2 aromatic rings. The van der Waals surface area contributed by atoms with Gasteiger partial charge in [-0.3, -0.25) is 4.40 Å². The Balaban J connectivity index is 1.97. The summed E-state index contributed by atoms with van der Waals surface area (Å²) in [6.07, 6.45) is 6.73. The fourth-order valence-electron chi connectivity index (χ4n) is 1.42. The van der Waals surface area contributed by atoms with Crippen molar-refractivity contribution in [1.29, 1.82) is 0 Å². The molecule has 0 bridgehead atoms. The number of fused-ring (bicyclic) bond motifs is 1. The van der Waals surface area contributed by atoms with Crippen LogP contribution in [-0.4, -0.2) is 46.6 Å². The first-order chi connectivity index (χ1) is 8.06. The SMILES string of the molecule is CS(=O)(=O)CCCNc1nccn2cnnc12. The maximum Gasteiger partial charge on any atom is 0.203 e. The maximum absolute atomic E-state index is 10.9. The number of rotatable bonds is 5. The number of anilines is 1. The van der Waals surface area contributed by atoms with Crippen molar-refractivity contribution in [3.05, 3.63) is 18.7 Å². The minimum atomic E-state index is -2.90. The topological polar surface area (TPSA) is 89.2 Å². The van der Waals surface area contributed by atoms with Crippen molar-refractivity contribution in [3.8, 4) is 0 Å². The van der Waals surface area contributed by atoms with Gasteiger partial charge < -0.3 is 5.32 Å². The van der Waals surface area contributed by atoms with Gasteiger partial charge in [-0.2, -0.15) is 0 Å². The minimum Gasteiger partial charge on any atom is -0.367 e. The lowest BCUT2D eigenvalue weighted by Crippen LogP contribution is -2.11. The van der Waals surface area contributed by atoms with Gasteiger partial charge in [-0.05, 0) is 6.42 Å². The first kappa shape index (κ1) is 11.8. The van der Waals surface area contributed by atoms with E-state index in [4.69, 9.17) is 0 Å². The Morgan fingerprint density at radius 1 is 1.47 bits per heavy atom. The molecule has 0 aliphatic rings. The molecule has 92 valence electrons. The highest BCUT2D eigenvalue weighted by Crippen LogP contribution is 2.09. The Hall–Kier alpha value is -1.70. The molecule has 2 rings (SSSR count). The van der Waals surface area contributed by atoms with E-state index in [0.29, 0.717) is 24.4 Å². The summed E-state index contributed by atoms with van der Waals surface area (Å²) in [4.78, 5) is 4.13. The standard InChI is InChI=1S/C9H13N5O2S/c1-17(15,16)6-2-3-10-8-9-13-12-7-14(9)5-4-11-8/h4-5,7H,2-3,6H2,1H3,(H,10,11). The van der Waals surface area contributed by atoms with Crippen LogP contribution in [0.1, 0.15) is 6.42 Å². The van der Waals surface area contributed by atoms with Gasteiger partial charge in [0.15, 0.2) is 5.82 Å². The van der Waals surface area contributed by atoms with E-state index in [0.717, 1.165) is 0 Å². The summed E-state index contributed by atoms with van der Waals surface area (Å²) >= 11 is 0. The summed E-state index contributed by atoms with van der Waals surface area (Å²) in [5.41, 5.74) is 0.631. The average Bonchev–Trinajstić information content (AvgIpc) is 2.71. The molecule has 2 aromatic heterocycles. The van der Waals surface area contributed by atoms with Crippen molar-refractivity contribution in [2.24, 2.45) is 0 Å². The molecule has 0 aliphatic heterocycles. The molecule has 8 heteroatoms. The Kier molecular flexibility index (Phi) is 3.23. The molecule has 0 atom stereocenters. The van der Waals surface area contributed by atoms with Crippen molar-refractivity contribution in [3.63, 3.8) is 0 Å².